The Morgan fingerprint density at radius 2 is 1.77 bits per heavy atom. The average Bonchev–Trinajstić information content (AvgIpc) is 2.58. The zero-order valence-corrected chi connectivity index (χ0v) is 14.0. The second-order valence-corrected chi connectivity index (χ2v) is 5.01. The number of ether oxygens (including phenoxy) is 3. The van der Waals surface area contributed by atoms with E-state index in [1.165, 1.54) is 38.5 Å². The lowest BCUT2D eigenvalue weighted by Crippen LogP contribution is -2.17. The Hall–Kier alpha value is -3.16. The number of carbonyl (C=O) groups is 1. The second kappa shape index (κ2) is 8.28. The molecule has 26 heavy (non-hydrogen) atoms. The van der Waals surface area contributed by atoms with E-state index < -0.39 is 18.0 Å². The molecule has 0 saturated heterocycles. The van der Waals surface area contributed by atoms with Gasteiger partial charge in [0, 0.05) is 17.8 Å². The molecular weight excluding hydrogens is 351 g/mol. The first-order valence-corrected chi connectivity index (χ1v) is 7.37. The predicted molar refractivity (Wildman–Crippen MR) is 90.3 cm³/mol. The molecule has 0 aliphatic rings. The van der Waals surface area contributed by atoms with Crippen LogP contribution in [0, 0.1) is 0 Å². The molecule has 0 aliphatic heterocycles. The van der Waals surface area contributed by atoms with E-state index in [2.05, 4.69) is 10.1 Å². The quantitative estimate of drug-likeness (QED) is 0.776. The van der Waals surface area contributed by atoms with E-state index >= 15 is 0 Å². The lowest BCUT2D eigenvalue weighted by Gasteiger charge is -2.10. The summed E-state index contributed by atoms with van der Waals surface area (Å²) in [5, 5.41) is 2.46. The number of rotatable bonds is 6. The molecule has 2 aromatic rings. The third-order valence-corrected chi connectivity index (χ3v) is 3.17. The molecule has 0 atom stereocenters. The van der Waals surface area contributed by atoms with Crippen LogP contribution >= 0.6 is 0 Å². The van der Waals surface area contributed by atoms with Crippen molar-refractivity contribution in [3.63, 3.8) is 0 Å². The minimum Gasteiger partial charge on any atom is -0.493 e. The van der Waals surface area contributed by atoms with Crippen molar-refractivity contribution >= 4 is 17.7 Å². The first-order chi connectivity index (χ1) is 12.3. The summed E-state index contributed by atoms with van der Waals surface area (Å²) in [6, 6.07) is 10.1. The van der Waals surface area contributed by atoms with Gasteiger partial charge in [-0.1, -0.05) is 12.1 Å². The molecule has 2 aromatic carbocycles. The molecule has 0 aliphatic carbocycles. The van der Waals surface area contributed by atoms with Crippen LogP contribution in [0.15, 0.2) is 48.5 Å². The number of hydrogen-bond donors (Lipinski definition) is 1. The van der Waals surface area contributed by atoms with Crippen LogP contribution in [0.2, 0.25) is 0 Å². The van der Waals surface area contributed by atoms with Gasteiger partial charge in [0.25, 0.3) is 0 Å². The minimum atomic E-state index is -4.80. The molecule has 0 heterocycles. The number of anilines is 1. The van der Waals surface area contributed by atoms with Crippen molar-refractivity contribution < 1.29 is 32.2 Å². The number of hydrogen-bond acceptors (Lipinski definition) is 4. The highest BCUT2D eigenvalue weighted by Gasteiger charge is 2.31. The number of halogens is 3. The Labute approximate surface area is 148 Å². The number of carbonyl (C=O) groups excluding carboxylic acids is 1. The lowest BCUT2D eigenvalue weighted by atomic mass is 10.2. The molecule has 1 N–H and O–H groups in total. The van der Waals surface area contributed by atoms with Gasteiger partial charge < -0.3 is 19.5 Å². The number of benzene rings is 2. The number of nitrogens with one attached hydrogen (secondary N) is 1. The fourth-order valence-corrected chi connectivity index (χ4v) is 2.08. The number of methoxy groups -OCH3 is 2. The zero-order chi connectivity index (χ0) is 19.2. The summed E-state index contributed by atoms with van der Waals surface area (Å²) >= 11 is 0. The van der Waals surface area contributed by atoms with Gasteiger partial charge >= 0.3 is 6.36 Å². The van der Waals surface area contributed by atoms with Gasteiger partial charge in [0.05, 0.1) is 14.2 Å². The van der Waals surface area contributed by atoms with Gasteiger partial charge in [-0.2, -0.15) is 0 Å². The van der Waals surface area contributed by atoms with Crippen LogP contribution in [-0.2, 0) is 4.79 Å². The van der Waals surface area contributed by atoms with Gasteiger partial charge in [-0.15, -0.1) is 13.2 Å². The van der Waals surface area contributed by atoms with Crippen molar-refractivity contribution in [3.8, 4) is 17.2 Å². The van der Waals surface area contributed by atoms with Crippen LogP contribution in [0.1, 0.15) is 5.56 Å². The molecule has 0 spiro atoms. The summed E-state index contributed by atoms with van der Waals surface area (Å²) in [6.45, 7) is 0. The van der Waals surface area contributed by atoms with Gasteiger partial charge in [0.2, 0.25) is 5.91 Å². The topological polar surface area (TPSA) is 56.8 Å². The Morgan fingerprint density at radius 1 is 1.04 bits per heavy atom. The molecule has 0 fully saturated rings. The average molecular weight is 367 g/mol. The molecule has 0 bridgehead atoms. The molecule has 5 nitrogen and oxygen atoms in total. The van der Waals surface area contributed by atoms with Crippen LogP contribution in [0.4, 0.5) is 18.9 Å². The minimum absolute atomic E-state index is 0.175. The monoisotopic (exact) mass is 367 g/mol. The van der Waals surface area contributed by atoms with Crippen LogP contribution < -0.4 is 19.5 Å². The SMILES string of the molecule is COc1ccc(/C=C/C(=O)Nc2cccc(OC(F)(F)F)c2)cc1OC. The lowest BCUT2D eigenvalue weighted by molar-refractivity contribution is -0.274. The highest BCUT2D eigenvalue weighted by atomic mass is 19.4. The van der Waals surface area contributed by atoms with E-state index in [0.717, 1.165) is 12.1 Å². The van der Waals surface area contributed by atoms with Gasteiger partial charge in [0.15, 0.2) is 11.5 Å². The van der Waals surface area contributed by atoms with E-state index in [9.17, 15) is 18.0 Å². The van der Waals surface area contributed by atoms with E-state index in [-0.39, 0.29) is 5.69 Å². The highest BCUT2D eigenvalue weighted by Crippen LogP contribution is 2.28. The standard InChI is InChI=1S/C18H16F3NO4/c1-24-15-8-6-12(10-16(15)25-2)7-9-17(23)22-13-4-3-5-14(11-13)26-18(19,20)21/h3-11H,1-2H3,(H,22,23)/b9-7+. The normalized spacial score (nSPS) is 11.3. The molecule has 0 aromatic heterocycles. The molecule has 0 saturated carbocycles. The van der Waals surface area contributed by atoms with Crippen LogP contribution in [0.25, 0.3) is 6.08 Å². The summed E-state index contributed by atoms with van der Waals surface area (Å²) in [5.74, 6) is 0.130. The van der Waals surface area contributed by atoms with Crippen molar-refractivity contribution in [2.45, 2.75) is 6.36 Å². The van der Waals surface area contributed by atoms with E-state index in [0.29, 0.717) is 17.1 Å². The van der Waals surface area contributed by atoms with Crippen LogP contribution in [0.5, 0.6) is 17.2 Å². The fraction of sp³-hybridized carbons (Fsp3) is 0.167. The van der Waals surface area contributed by atoms with E-state index in [1.807, 2.05) is 0 Å². The zero-order valence-electron chi connectivity index (χ0n) is 14.0. The van der Waals surface area contributed by atoms with Crippen LogP contribution in [0.3, 0.4) is 0 Å². The highest BCUT2D eigenvalue weighted by molar-refractivity contribution is 6.02. The molecular formula is C18H16F3NO4. The van der Waals surface area contributed by atoms with Gasteiger partial charge in [-0.25, -0.2) is 0 Å². The Morgan fingerprint density at radius 3 is 2.42 bits per heavy atom. The Balaban J connectivity index is 2.04. The third-order valence-electron chi connectivity index (χ3n) is 3.17. The maximum absolute atomic E-state index is 12.2. The van der Waals surface area contributed by atoms with Crippen molar-refractivity contribution in [1.82, 2.24) is 0 Å². The fourth-order valence-electron chi connectivity index (χ4n) is 2.08. The van der Waals surface area contributed by atoms with Crippen LogP contribution in [-0.4, -0.2) is 26.5 Å². The Bertz CT molecular complexity index is 803. The molecule has 138 valence electrons. The largest absolute Gasteiger partial charge is 0.573 e. The van der Waals surface area contributed by atoms with E-state index in [1.54, 1.807) is 18.2 Å². The number of amides is 1. The van der Waals surface area contributed by atoms with Crippen molar-refractivity contribution in [3.05, 3.63) is 54.1 Å². The van der Waals surface area contributed by atoms with Crippen molar-refractivity contribution in [2.24, 2.45) is 0 Å². The van der Waals surface area contributed by atoms with Crippen molar-refractivity contribution in [1.29, 1.82) is 0 Å². The first-order valence-electron chi connectivity index (χ1n) is 7.37. The van der Waals surface area contributed by atoms with Gasteiger partial charge in [-0.3, -0.25) is 4.79 Å². The summed E-state index contributed by atoms with van der Waals surface area (Å²) in [6.07, 6.45) is -2.01. The summed E-state index contributed by atoms with van der Waals surface area (Å²) in [4.78, 5) is 11.9. The molecule has 0 unspecified atom stereocenters. The molecule has 8 heteroatoms. The smallest absolute Gasteiger partial charge is 0.493 e. The number of alkyl halides is 3. The predicted octanol–water partition coefficient (Wildman–Crippen LogP) is 4.25. The van der Waals surface area contributed by atoms with Gasteiger partial charge in [-0.05, 0) is 35.9 Å². The van der Waals surface area contributed by atoms with Gasteiger partial charge in [0.1, 0.15) is 5.75 Å². The van der Waals surface area contributed by atoms with E-state index in [4.69, 9.17) is 9.47 Å². The summed E-state index contributed by atoms with van der Waals surface area (Å²) in [7, 11) is 3.01. The third kappa shape index (κ3) is 5.73. The maximum Gasteiger partial charge on any atom is 0.573 e. The first kappa shape index (κ1) is 19.2. The molecule has 2 rings (SSSR count). The Kier molecular flexibility index (Phi) is 6.11. The second-order valence-electron chi connectivity index (χ2n) is 5.01. The summed E-state index contributed by atoms with van der Waals surface area (Å²) in [5.41, 5.74) is 0.862. The summed E-state index contributed by atoms with van der Waals surface area (Å²) < 4.78 is 50.8. The molecule has 1 amide bonds. The molecule has 0 radical (unpaired) electrons. The van der Waals surface area contributed by atoms with Crippen molar-refractivity contribution in [2.75, 3.05) is 19.5 Å². The maximum atomic E-state index is 12.2.